The van der Waals surface area contributed by atoms with E-state index in [0.29, 0.717) is 0 Å². The summed E-state index contributed by atoms with van der Waals surface area (Å²) < 4.78 is 1.95. The highest BCUT2D eigenvalue weighted by molar-refractivity contribution is 6.32. The first-order valence-electron chi connectivity index (χ1n) is 5.71. The number of halogens is 1. The van der Waals surface area contributed by atoms with Gasteiger partial charge < -0.3 is 9.88 Å². The zero-order valence-electron chi connectivity index (χ0n) is 10.1. The molecule has 0 bridgehead atoms. The lowest BCUT2D eigenvalue weighted by atomic mass is 10.2. The van der Waals surface area contributed by atoms with Gasteiger partial charge in [-0.2, -0.15) is 0 Å². The molecule has 0 saturated carbocycles. The van der Waals surface area contributed by atoms with Crippen molar-refractivity contribution in [3.63, 3.8) is 0 Å². The molecule has 1 heterocycles. The van der Waals surface area contributed by atoms with E-state index >= 15 is 0 Å². The van der Waals surface area contributed by atoms with Gasteiger partial charge in [-0.3, -0.25) is 0 Å². The summed E-state index contributed by atoms with van der Waals surface area (Å²) in [5.74, 6) is 0. The fourth-order valence-corrected chi connectivity index (χ4v) is 1.99. The maximum atomic E-state index is 6.21. The van der Waals surface area contributed by atoms with Crippen molar-refractivity contribution in [2.75, 3.05) is 6.54 Å². The van der Waals surface area contributed by atoms with Crippen LogP contribution in [-0.4, -0.2) is 16.1 Å². The van der Waals surface area contributed by atoms with Crippen LogP contribution < -0.4 is 5.32 Å². The molecule has 3 nitrogen and oxygen atoms in total. The maximum absolute atomic E-state index is 6.21. The predicted molar refractivity (Wildman–Crippen MR) is 70.7 cm³/mol. The Morgan fingerprint density at radius 3 is 2.94 bits per heavy atom. The monoisotopic (exact) mass is 249 g/mol. The Bertz CT molecular complexity index is 505. The molecule has 0 aliphatic carbocycles. The summed E-state index contributed by atoms with van der Waals surface area (Å²) in [6.07, 6.45) is 3.79. The molecule has 0 aliphatic rings. The van der Waals surface area contributed by atoms with Crippen LogP contribution in [0.2, 0.25) is 5.02 Å². The van der Waals surface area contributed by atoms with Gasteiger partial charge in [0.15, 0.2) is 0 Å². The van der Waals surface area contributed by atoms with Gasteiger partial charge in [-0.25, -0.2) is 4.98 Å². The Kier molecular flexibility index (Phi) is 3.82. The number of hydrogen-bond acceptors (Lipinski definition) is 2. The van der Waals surface area contributed by atoms with Crippen LogP contribution in [0.5, 0.6) is 0 Å². The quantitative estimate of drug-likeness (QED) is 0.903. The van der Waals surface area contributed by atoms with E-state index in [0.717, 1.165) is 35.1 Å². The molecule has 17 heavy (non-hydrogen) atoms. The normalized spacial score (nSPS) is 10.8. The van der Waals surface area contributed by atoms with E-state index in [-0.39, 0.29) is 0 Å². The van der Waals surface area contributed by atoms with Crippen molar-refractivity contribution in [2.24, 2.45) is 0 Å². The van der Waals surface area contributed by atoms with Crippen LogP contribution in [0.1, 0.15) is 18.2 Å². The van der Waals surface area contributed by atoms with Crippen LogP contribution in [0.4, 0.5) is 0 Å². The minimum Gasteiger partial charge on any atom is -0.311 e. The van der Waals surface area contributed by atoms with Crippen molar-refractivity contribution in [3.05, 3.63) is 47.0 Å². The predicted octanol–water partition coefficient (Wildman–Crippen LogP) is 2.94. The second-order valence-corrected chi connectivity index (χ2v) is 4.41. The summed E-state index contributed by atoms with van der Waals surface area (Å²) in [5.41, 5.74) is 3.14. The van der Waals surface area contributed by atoms with Crippen LogP contribution in [0, 0.1) is 6.92 Å². The fourth-order valence-electron chi connectivity index (χ4n) is 1.66. The maximum Gasteiger partial charge on any atom is 0.0996 e. The van der Waals surface area contributed by atoms with Gasteiger partial charge in [0.25, 0.3) is 0 Å². The van der Waals surface area contributed by atoms with Crippen LogP contribution >= 0.6 is 11.6 Å². The summed E-state index contributed by atoms with van der Waals surface area (Å²) in [6, 6.07) is 6.02. The van der Waals surface area contributed by atoms with E-state index in [4.69, 9.17) is 11.6 Å². The molecule has 2 aromatic rings. The van der Waals surface area contributed by atoms with Crippen molar-refractivity contribution in [3.8, 4) is 5.69 Å². The summed E-state index contributed by atoms with van der Waals surface area (Å²) in [5, 5.41) is 3.99. The van der Waals surface area contributed by atoms with Gasteiger partial charge in [0, 0.05) is 12.7 Å². The lowest BCUT2D eigenvalue weighted by Crippen LogP contribution is -2.11. The third kappa shape index (κ3) is 2.87. The number of hydrogen-bond donors (Lipinski definition) is 1. The largest absolute Gasteiger partial charge is 0.311 e. The number of nitrogens with one attached hydrogen (secondary N) is 1. The van der Waals surface area contributed by atoms with Gasteiger partial charge in [0.05, 0.1) is 22.7 Å². The van der Waals surface area contributed by atoms with Crippen molar-refractivity contribution in [2.45, 2.75) is 20.4 Å². The Balaban J connectivity index is 2.24. The number of rotatable bonds is 4. The second kappa shape index (κ2) is 5.34. The SMILES string of the molecule is CCNCc1cn(-c2ccc(C)cc2Cl)cn1. The molecule has 1 aromatic carbocycles. The van der Waals surface area contributed by atoms with E-state index in [1.807, 2.05) is 35.9 Å². The summed E-state index contributed by atoms with van der Waals surface area (Å²) in [7, 11) is 0. The molecule has 0 saturated heterocycles. The van der Waals surface area contributed by atoms with Crippen molar-refractivity contribution >= 4 is 11.6 Å². The molecule has 1 aromatic heterocycles. The molecular formula is C13H16ClN3. The van der Waals surface area contributed by atoms with E-state index in [9.17, 15) is 0 Å². The molecule has 0 spiro atoms. The van der Waals surface area contributed by atoms with Crippen LogP contribution in [0.3, 0.4) is 0 Å². The number of aromatic nitrogens is 2. The third-order valence-corrected chi connectivity index (χ3v) is 2.88. The highest BCUT2D eigenvalue weighted by Gasteiger charge is 2.04. The Hall–Kier alpha value is -1.32. The van der Waals surface area contributed by atoms with Gasteiger partial charge in [0.2, 0.25) is 0 Å². The molecule has 0 amide bonds. The van der Waals surface area contributed by atoms with Gasteiger partial charge >= 0.3 is 0 Å². The molecule has 2 rings (SSSR count). The molecule has 0 atom stereocenters. The molecule has 90 valence electrons. The molecule has 0 unspecified atom stereocenters. The van der Waals surface area contributed by atoms with E-state index in [1.54, 1.807) is 6.33 Å². The van der Waals surface area contributed by atoms with Crippen LogP contribution in [-0.2, 0) is 6.54 Å². The third-order valence-electron chi connectivity index (χ3n) is 2.57. The lowest BCUT2D eigenvalue weighted by molar-refractivity contribution is 0.713. The lowest BCUT2D eigenvalue weighted by Gasteiger charge is -2.05. The highest BCUT2D eigenvalue weighted by atomic mass is 35.5. The highest BCUT2D eigenvalue weighted by Crippen LogP contribution is 2.21. The fraction of sp³-hybridized carbons (Fsp3) is 0.308. The van der Waals surface area contributed by atoms with Gasteiger partial charge in [0.1, 0.15) is 0 Å². The first kappa shape index (κ1) is 12.1. The number of benzene rings is 1. The number of nitrogens with zero attached hydrogens (tertiary/aromatic N) is 2. The molecule has 1 N–H and O–H groups in total. The minimum atomic E-state index is 0.748. The minimum absolute atomic E-state index is 0.748. The Morgan fingerprint density at radius 2 is 2.24 bits per heavy atom. The van der Waals surface area contributed by atoms with Crippen LogP contribution in [0.25, 0.3) is 5.69 Å². The van der Waals surface area contributed by atoms with Gasteiger partial charge in [-0.1, -0.05) is 24.6 Å². The smallest absolute Gasteiger partial charge is 0.0996 e. The molecular weight excluding hydrogens is 234 g/mol. The molecule has 0 aliphatic heterocycles. The van der Waals surface area contributed by atoms with Gasteiger partial charge in [-0.05, 0) is 31.2 Å². The van der Waals surface area contributed by atoms with Crippen molar-refractivity contribution < 1.29 is 0 Å². The summed E-state index contributed by atoms with van der Waals surface area (Å²) >= 11 is 6.21. The zero-order valence-corrected chi connectivity index (χ0v) is 10.8. The zero-order chi connectivity index (χ0) is 12.3. The Morgan fingerprint density at radius 1 is 1.41 bits per heavy atom. The van der Waals surface area contributed by atoms with Gasteiger partial charge in [-0.15, -0.1) is 0 Å². The first-order chi connectivity index (χ1) is 8.20. The number of imidazole rings is 1. The molecule has 4 heteroatoms. The van der Waals surface area contributed by atoms with Crippen molar-refractivity contribution in [1.29, 1.82) is 0 Å². The summed E-state index contributed by atoms with van der Waals surface area (Å²) in [4.78, 5) is 4.34. The first-order valence-corrected chi connectivity index (χ1v) is 6.08. The number of aryl methyl sites for hydroxylation is 1. The molecule has 0 fully saturated rings. The summed E-state index contributed by atoms with van der Waals surface area (Å²) in [6.45, 7) is 5.83. The average molecular weight is 250 g/mol. The van der Waals surface area contributed by atoms with E-state index in [2.05, 4.69) is 17.2 Å². The van der Waals surface area contributed by atoms with E-state index < -0.39 is 0 Å². The second-order valence-electron chi connectivity index (χ2n) is 4.01. The topological polar surface area (TPSA) is 29.9 Å². The Labute approximate surface area is 106 Å². The van der Waals surface area contributed by atoms with E-state index in [1.165, 1.54) is 0 Å². The molecule has 0 radical (unpaired) electrons. The van der Waals surface area contributed by atoms with Crippen molar-refractivity contribution in [1.82, 2.24) is 14.9 Å². The van der Waals surface area contributed by atoms with Crippen LogP contribution in [0.15, 0.2) is 30.7 Å². The average Bonchev–Trinajstić information content (AvgIpc) is 2.75. The standard InChI is InChI=1S/C13H16ClN3/c1-3-15-7-11-8-17(9-16-11)13-5-4-10(2)6-12(13)14/h4-6,8-9,15H,3,7H2,1-2H3.